The molecule has 4 aliphatic carbocycles. The number of allylic oxidation sites excluding steroid dienone is 1. The molecule has 5 fully saturated rings. The molecular formula is C37H48O11. The zero-order chi connectivity index (χ0) is 33.9. The molecule has 11 heteroatoms. The number of fused-ring (bicyclic) bond motifs is 7. The second-order valence-corrected chi connectivity index (χ2v) is 15.4. The summed E-state index contributed by atoms with van der Waals surface area (Å²) in [7, 11) is 0. The number of ether oxygens (including phenoxy) is 6. The molecule has 0 amide bonds. The summed E-state index contributed by atoms with van der Waals surface area (Å²) in [5.41, 5.74) is 0.605. The van der Waals surface area contributed by atoms with E-state index in [1.165, 1.54) is 12.5 Å². The number of hydrogen-bond acceptors (Lipinski definition) is 10. The molecule has 11 nitrogen and oxygen atoms in total. The number of hydrogen-bond donors (Lipinski definition) is 2. The molecule has 10 atom stereocenters. The zero-order valence-electron chi connectivity index (χ0n) is 28.1. The van der Waals surface area contributed by atoms with Crippen molar-refractivity contribution in [3.05, 3.63) is 41.5 Å². The molecule has 48 heavy (non-hydrogen) atoms. The van der Waals surface area contributed by atoms with Crippen LogP contribution in [0.1, 0.15) is 90.0 Å². The summed E-state index contributed by atoms with van der Waals surface area (Å²) < 4.78 is 35.6. The lowest BCUT2D eigenvalue weighted by Gasteiger charge is -2.63. The van der Waals surface area contributed by atoms with Crippen molar-refractivity contribution in [1.29, 1.82) is 0 Å². The lowest BCUT2D eigenvalue weighted by molar-refractivity contribution is -0.258. The SMILES string of the molecule is CC(=O)Oc1ccc(C(CC(=O)O)CC(=O)OC[C@@H]2C[C@@H]3[C@H]([C@@H](O)C[C@@]4(C)[C@H]3CC[C@@]43OCOC34COCO4)[C@@]3(C)CCCC=C23)cc1. The number of carboxylic acids is 1. The number of aliphatic carboxylic acids is 1. The van der Waals surface area contributed by atoms with E-state index < -0.39 is 46.7 Å². The summed E-state index contributed by atoms with van der Waals surface area (Å²) in [4.78, 5) is 36.4. The highest BCUT2D eigenvalue weighted by Gasteiger charge is 2.77. The van der Waals surface area contributed by atoms with E-state index in [-0.39, 0.29) is 62.1 Å². The van der Waals surface area contributed by atoms with Gasteiger partial charge >= 0.3 is 17.9 Å². The molecule has 2 N–H and O–H groups in total. The van der Waals surface area contributed by atoms with Gasteiger partial charge in [-0.15, -0.1) is 0 Å². The van der Waals surface area contributed by atoms with E-state index in [0.717, 1.165) is 38.5 Å². The van der Waals surface area contributed by atoms with Crippen molar-refractivity contribution < 1.29 is 53.0 Å². The number of esters is 2. The zero-order valence-corrected chi connectivity index (χ0v) is 28.1. The van der Waals surface area contributed by atoms with E-state index in [4.69, 9.17) is 28.4 Å². The van der Waals surface area contributed by atoms with E-state index >= 15 is 0 Å². The molecule has 2 unspecified atom stereocenters. The van der Waals surface area contributed by atoms with E-state index in [1.807, 2.05) is 0 Å². The van der Waals surface area contributed by atoms with Crippen LogP contribution in [0.25, 0.3) is 0 Å². The molecule has 7 rings (SSSR count). The average Bonchev–Trinajstić information content (AvgIpc) is 3.74. The molecule has 2 saturated heterocycles. The van der Waals surface area contributed by atoms with Crippen LogP contribution in [0.4, 0.5) is 0 Å². The number of carboxylic acid groups (broad SMARTS) is 1. The maximum atomic E-state index is 13.4. The van der Waals surface area contributed by atoms with E-state index in [1.54, 1.807) is 24.3 Å². The van der Waals surface area contributed by atoms with Crippen molar-refractivity contribution >= 4 is 17.9 Å². The molecule has 3 saturated carbocycles. The predicted octanol–water partition coefficient (Wildman–Crippen LogP) is 5.10. The van der Waals surface area contributed by atoms with Crippen molar-refractivity contribution in [3.63, 3.8) is 0 Å². The van der Waals surface area contributed by atoms with Gasteiger partial charge in [-0.2, -0.15) is 0 Å². The number of aliphatic hydroxyl groups is 1. The van der Waals surface area contributed by atoms with Crippen LogP contribution < -0.4 is 4.74 Å². The van der Waals surface area contributed by atoms with Crippen molar-refractivity contribution in [2.24, 2.45) is 34.5 Å². The monoisotopic (exact) mass is 668 g/mol. The van der Waals surface area contributed by atoms with Gasteiger partial charge in [0.25, 0.3) is 0 Å². The predicted molar refractivity (Wildman–Crippen MR) is 169 cm³/mol. The van der Waals surface area contributed by atoms with Gasteiger partial charge in [0.1, 0.15) is 18.0 Å². The minimum atomic E-state index is -1.01. The maximum Gasteiger partial charge on any atom is 0.308 e. The largest absolute Gasteiger partial charge is 0.481 e. The van der Waals surface area contributed by atoms with Gasteiger partial charge in [0, 0.05) is 24.2 Å². The summed E-state index contributed by atoms with van der Waals surface area (Å²) in [6.07, 6.45) is 7.52. The third-order valence-corrected chi connectivity index (χ3v) is 13.0. The fourth-order valence-corrected chi connectivity index (χ4v) is 11.2. The smallest absolute Gasteiger partial charge is 0.308 e. The van der Waals surface area contributed by atoms with Crippen LogP contribution in [0, 0.1) is 34.5 Å². The first kappa shape index (κ1) is 33.7. The van der Waals surface area contributed by atoms with Gasteiger partial charge in [-0.3, -0.25) is 14.4 Å². The van der Waals surface area contributed by atoms with Gasteiger partial charge in [-0.05, 0) is 85.8 Å². The number of aliphatic hydroxyl groups excluding tert-OH is 1. The molecular weight excluding hydrogens is 620 g/mol. The maximum absolute atomic E-state index is 13.4. The Bertz CT molecular complexity index is 1440. The Kier molecular flexibility index (Phi) is 8.76. The first-order chi connectivity index (χ1) is 22.9. The number of carbonyl (C=O) groups excluding carboxylic acids is 2. The van der Waals surface area contributed by atoms with Crippen LogP contribution in [0.5, 0.6) is 5.75 Å². The Labute approximate surface area is 281 Å². The third-order valence-electron chi connectivity index (χ3n) is 13.0. The van der Waals surface area contributed by atoms with Crippen LogP contribution in [0.2, 0.25) is 0 Å². The van der Waals surface area contributed by atoms with Gasteiger partial charge < -0.3 is 38.6 Å². The Balaban J connectivity index is 1.11. The van der Waals surface area contributed by atoms with Gasteiger partial charge in [0.15, 0.2) is 13.6 Å². The number of rotatable bonds is 8. The van der Waals surface area contributed by atoms with Crippen LogP contribution in [-0.2, 0) is 38.1 Å². The quantitative estimate of drug-likeness (QED) is 0.217. The number of carbonyl (C=O) groups is 3. The Hall–Kier alpha value is -2.83. The standard InChI is InChI=1S/C37H48O11/c1-22(38)48-26-9-7-23(8-10-26)24(15-31(40)41)16-32(42)44-18-25-14-27-29-11-13-36(37(47-21-45-36)19-43-20-46-37)35(29,3)17-30(39)33(27)34(2)12-5-4-6-28(25)34/h6-10,24-25,27,29-30,33,39H,4-5,11-21H2,1-3H3,(H,40,41)/t24?,25-,27-,29-,30-,33+,34-,35-,36+,37?/m0/s1. The van der Waals surface area contributed by atoms with Crippen LogP contribution >= 0.6 is 0 Å². The van der Waals surface area contributed by atoms with E-state index in [9.17, 15) is 24.6 Å². The third kappa shape index (κ3) is 5.32. The summed E-state index contributed by atoms with van der Waals surface area (Å²) in [6.45, 7) is 6.66. The van der Waals surface area contributed by atoms with Crippen molar-refractivity contribution in [2.75, 3.05) is 26.8 Å². The lowest BCUT2D eigenvalue weighted by atomic mass is 9.43. The molecule has 6 aliphatic rings. The molecule has 262 valence electrons. The van der Waals surface area contributed by atoms with Crippen molar-refractivity contribution in [1.82, 2.24) is 0 Å². The summed E-state index contributed by atoms with van der Waals surface area (Å²) >= 11 is 0. The normalized spacial score (nSPS) is 40.5. The van der Waals surface area contributed by atoms with Gasteiger partial charge in [-0.25, -0.2) is 0 Å². The minimum Gasteiger partial charge on any atom is -0.481 e. The lowest BCUT2D eigenvalue weighted by Crippen LogP contribution is -2.66. The second-order valence-electron chi connectivity index (χ2n) is 15.4. The molecule has 2 spiro atoms. The highest BCUT2D eigenvalue weighted by molar-refractivity contribution is 5.74. The summed E-state index contributed by atoms with van der Waals surface area (Å²) in [6, 6.07) is 6.57. The van der Waals surface area contributed by atoms with Crippen molar-refractivity contribution in [2.45, 2.75) is 102 Å². The van der Waals surface area contributed by atoms with Crippen LogP contribution in [-0.4, -0.2) is 72.4 Å². The Morgan fingerprint density at radius 2 is 1.81 bits per heavy atom. The molecule has 0 radical (unpaired) electrons. The first-order valence-corrected chi connectivity index (χ1v) is 17.5. The summed E-state index contributed by atoms with van der Waals surface area (Å²) in [5.74, 6) is -2.62. The van der Waals surface area contributed by atoms with Crippen LogP contribution in [0.15, 0.2) is 35.9 Å². The second kappa shape index (κ2) is 12.5. The Morgan fingerprint density at radius 3 is 2.52 bits per heavy atom. The highest BCUT2D eigenvalue weighted by atomic mass is 16.9. The molecule has 1 aromatic rings. The van der Waals surface area contributed by atoms with Gasteiger partial charge in [0.2, 0.25) is 5.79 Å². The fourth-order valence-electron chi connectivity index (χ4n) is 11.2. The molecule has 0 bridgehead atoms. The minimum absolute atomic E-state index is 0.00620. The van der Waals surface area contributed by atoms with Gasteiger partial charge in [0.05, 0.1) is 25.6 Å². The Morgan fingerprint density at radius 1 is 1.04 bits per heavy atom. The molecule has 2 heterocycles. The first-order valence-electron chi connectivity index (χ1n) is 17.5. The molecule has 2 aliphatic heterocycles. The fraction of sp³-hybridized carbons (Fsp3) is 0.703. The topological polar surface area (TPSA) is 147 Å². The average molecular weight is 669 g/mol. The highest BCUT2D eigenvalue weighted by Crippen LogP contribution is 2.72. The van der Waals surface area contributed by atoms with Crippen molar-refractivity contribution in [3.8, 4) is 5.75 Å². The molecule has 1 aromatic carbocycles. The summed E-state index contributed by atoms with van der Waals surface area (Å²) in [5, 5.41) is 21.7. The molecule has 0 aromatic heterocycles. The van der Waals surface area contributed by atoms with Gasteiger partial charge in [-0.1, -0.05) is 37.6 Å². The van der Waals surface area contributed by atoms with Crippen LogP contribution in [0.3, 0.4) is 0 Å². The van der Waals surface area contributed by atoms with E-state index in [2.05, 4.69) is 19.9 Å². The van der Waals surface area contributed by atoms with E-state index in [0.29, 0.717) is 24.3 Å². The number of benzene rings is 1.